The van der Waals surface area contributed by atoms with Crippen molar-refractivity contribution in [3.05, 3.63) is 23.3 Å². The molecule has 0 unspecified atom stereocenters. The van der Waals surface area contributed by atoms with E-state index in [0.29, 0.717) is 11.5 Å². The fourth-order valence-corrected chi connectivity index (χ4v) is 1.25. The lowest BCUT2D eigenvalue weighted by atomic mass is 10.4. The van der Waals surface area contributed by atoms with Gasteiger partial charge in [0.15, 0.2) is 5.82 Å². The first-order chi connectivity index (χ1) is 5.70. The summed E-state index contributed by atoms with van der Waals surface area (Å²) in [6.45, 7) is 2.91. The number of rotatable bonds is 0. The molecule has 5 heteroatoms. The summed E-state index contributed by atoms with van der Waals surface area (Å²) in [5, 5.41) is 0. The van der Waals surface area contributed by atoms with Crippen LogP contribution in [0.15, 0.2) is 11.1 Å². The van der Waals surface area contributed by atoms with Crippen molar-refractivity contribution in [1.29, 1.82) is 0 Å². The van der Waals surface area contributed by atoms with Crippen molar-refractivity contribution in [2.45, 2.75) is 0 Å². The molecule has 1 aliphatic heterocycles. The molecular formula is C7H8N4O. The van der Waals surface area contributed by atoms with Gasteiger partial charge in [0.2, 0.25) is 6.67 Å². The van der Waals surface area contributed by atoms with Gasteiger partial charge in [0.1, 0.15) is 5.69 Å². The maximum absolute atomic E-state index is 11.3. The van der Waals surface area contributed by atoms with E-state index >= 15 is 0 Å². The molecule has 0 atom stereocenters. The summed E-state index contributed by atoms with van der Waals surface area (Å²) in [6, 6.07) is 0. The van der Waals surface area contributed by atoms with E-state index in [4.69, 9.17) is 0 Å². The van der Waals surface area contributed by atoms with Crippen LogP contribution in [0.2, 0.25) is 0 Å². The van der Waals surface area contributed by atoms with E-state index in [-0.39, 0.29) is 5.56 Å². The van der Waals surface area contributed by atoms with Crippen LogP contribution in [0, 0.1) is 6.67 Å². The van der Waals surface area contributed by atoms with Crippen LogP contribution in [-0.4, -0.2) is 24.1 Å². The normalized spacial score (nSPS) is 15.2. The van der Waals surface area contributed by atoms with E-state index in [1.807, 2.05) is 0 Å². The Morgan fingerprint density at radius 1 is 1.50 bits per heavy atom. The molecule has 0 spiro atoms. The van der Waals surface area contributed by atoms with Crippen molar-refractivity contribution in [1.82, 2.24) is 9.97 Å². The molecule has 2 heterocycles. The standard InChI is InChI=1S/C7H8N4O/c1-10-4-11(2)6-5(10)7(12)9-3-8-6/h3H,1-2H3,(H,8,9,12). The minimum Gasteiger partial charge on any atom is -0.337 e. The highest BCUT2D eigenvalue weighted by atomic mass is 16.1. The third kappa shape index (κ3) is 0.792. The topological polar surface area (TPSA) is 52.2 Å². The molecule has 1 aromatic heterocycles. The Bertz CT molecular complexity index is 359. The van der Waals surface area contributed by atoms with E-state index in [2.05, 4.69) is 16.6 Å². The Hall–Kier alpha value is -1.52. The summed E-state index contributed by atoms with van der Waals surface area (Å²) >= 11 is 0. The molecule has 1 N–H and O–H groups in total. The third-order valence-corrected chi connectivity index (χ3v) is 1.76. The summed E-state index contributed by atoms with van der Waals surface area (Å²) < 4.78 is 0. The van der Waals surface area contributed by atoms with E-state index < -0.39 is 0 Å². The van der Waals surface area contributed by atoms with E-state index in [1.165, 1.54) is 6.33 Å². The number of fused-ring (bicyclic) bond motifs is 1. The quantitative estimate of drug-likeness (QED) is 0.569. The summed E-state index contributed by atoms with van der Waals surface area (Å²) in [5.41, 5.74) is 0.402. The van der Waals surface area contributed by atoms with Gasteiger partial charge in [-0.2, -0.15) is 0 Å². The first-order valence-corrected chi connectivity index (χ1v) is 3.51. The van der Waals surface area contributed by atoms with Crippen LogP contribution in [0.4, 0.5) is 11.5 Å². The van der Waals surface area contributed by atoms with Crippen LogP contribution >= 0.6 is 0 Å². The molecular weight excluding hydrogens is 156 g/mol. The minimum atomic E-state index is -0.139. The fraction of sp³-hybridized carbons (Fsp3) is 0.286. The Kier molecular flexibility index (Phi) is 1.33. The summed E-state index contributed by atoms with van der Waals surface area (Å²) in [7, 11) is 3.56. The molecule has 2 radical (unpaired) electrons. The molecule has 1 aromatic rings. The van der Waals surface area contributed by atoms with Crippen molar-refractivity contribution in [2.75, 3.05) is 23.9 Å². The second-order valence-corrected chi connectivity index (χ2v) is 2.62. The lowest BCUT2D eigenvalue weighted by Gasteiger charge is -2.07. The zero-order valence-electron chi connectivity index (χ0n) is 6.83. The molecule has 12 heavy (non-hydrogen) atoms. The summed E-state index contributed by atoms with van der Waals surface area (Å²) in [4.78, 5) is 21.1. The van der Waals surface area contributed by atoms with Gasteiger partial charge in [-0.25, -0.2) is 4.98 Å². The molecule has 0 amide bonds. The van der Waals surface area contributed by atoms with Gasteiger partial charge in [-0.3, -0.25) is 4.79 Å². The highest BCUT2D eigenvalue weighted by Crippen LogP contribution is 2.28. The van der Waals surface area contributed by atoms with Crippen LogP contribution in [0.25, 0.3) is 0 Å². The number of nitrogens with zero attached hydrogens (tertiary/aromatic N) is 3. The first-order valence-electron chi connectivity index (χ1n) is 3.51. The Balaban J connectivity index is 2.67. The van der Waals surface area contributed by atoms with Gasteiger partial charge in [-0.05, 0) is 0 Å². The van der Waals surface area contributed by atoms with Crippen molar-refractivity contribution in [3.63, 3.8) is 0 Å². The Morgan fingerprint density at radius 2 is 2.25 bits per heavy atom. The summed E-state index contributed by atoms with van der Waals surface area (Å²) in [6.07, 6.45) is 1.39. The van der Waals surface area contributed by atoms with Gasteiger partial charge in [0.25, 0.3) is 5.56 Å². The SMILES string of the molecule is CN1[C]N(C)c2c1nc[nH]c2=O. The minimum absolute atomic E-state index is 0.139. The molecule has 0 aromatic carbocycles. The van der Waals surface area contributed by atoms with Gasteiger partial charge in [0.05, 0.1) is 6.33 Å². The molecule has 62 valence electrons. The van der Waals surface area contributed by atoms with Gasteiger partial charge >= 0.3 is 0 Å². The molecule has 0 bridgehead atoms. The molecule has 0 aliphatic carbocycles. The van der Waals surface area contributed by atoms with E-state index in [9.17, 15) is 4.79 Å². The average molecular weight is 164 g/mol. The number of nitrogens with one attached hydrogen (secondary N) is 1. The number of hydrogen-bond acceptors (Lipinski definition) is 4. The monoisotopic (exact) mass is 164 g/mol. The molecule has 0 saturated carbocycles. The maximum atomic E-state index is 11.3. The number of aromatic amines is 1. The number of aromatic nitrogens is 2. The zero-order chi connectivity index (χ0) is 8.72. The van der Waals surface area contributed by atoms with Crippen molar-refractivity contribution in [2.24, 2.45) is 0 Å². The lowest BCUT2D eigenvalue weighted by molar-refractivity contribution is 1.03. The van der Waals surface area contributed by atoms with E-state index in [0.717, 1.165) is 0 Å². The van der Waals surface area contributed by atoms with Crippen LogP contribution in [-0.2, 0) is 0 Å². The van der Waals surface area contributed by atoms with Crippen LogP contribution in [0.1, 0.15) is 0 Å². The Morgan fingerprint density at radius 3 is 2.92 bits per heavy atom. The second kappa shape index (κ2) is 2.23. The second-order valence-electron chi connectivity index (χ2n) is 2.62. The molecule has 1 aliphatic rings. The molecule has 0 fully saturated rings. The van der Waals surface area contributed by atoms with Crippen LogP contribution in [0.3, 0.4) is 0 Å². The smallest absolute Gasteiger partial charge is 0.276 e. The average Bonchev–Trinajstić information content (AvgIpc) is 2.29. The lowest BCUT2D eigenvalue weighted by Crippen LogP contribution is -2.20. The predicted molar refractivity (Wildman–Crippen MR) is 44.9 cm³/mol. The van der Waals surface area contributed by atoms with Gasteiger partial charge < -0.3 is 14.8 Å². The van der Waals surface area contributed by atoms with Crippen molar-refractivity contribution in [3.8, 4) is 0 Å². The van der Waals surface area contributed by atoms with Crippen LogP contribution < -0.4 is 15.4 Å². The number of H-pyrrole nitrogens is 1. The summed E-state index contributed by atoms with van der Waals surface area (Å²) in [5.74, 6) is 0.640. The van der Waals surface area contributed by atoms with Crippen molar-refractivity contribution >= 4 is 11.5 Å². The fourth-order valence-electron chi connectivity index (χ4n) is 1.25. The van der Waals surface area contributed by atoms with Gasteiger partial charge in [-0.15, -0.1) is 0 Å². The Labute approximate surface area is 69.6 Å². The highest BCUT2D eigenvalue weighted by molar-refractivity contribution is 5.72. The zero-order valence-corrected chi connectivity index (χ0v) is 6.83. The molecule has 0 saturated heterocycles. The third-order valence-electron chi connectivity index (χ3n) is 1.76. The highest BCUT2D eigenvalue weighted by Gasteiger charge is 2.25. The van der Waals surface area contributed by atoms with Gasteiger partial charge in [0, 0.05) is 14.1 Å². The largest absolute Gasteiger partial charge is 0.337 e. The predicted octanol–water partition coefficient (Wildman–Crippen LogP) is -0.348. The first kappa shape index (κ1) is 7.15. The van der Waals surface area contributed by atoms with Gasteiger partial charge in [-0.1, -0.05) is 0 Å². The molecule has 2 rings (SSSR count). The maximum Gasteiger partial charge on any atom is 0.276 e. The number of anilines is 2. The van der Waals surface area contributed by atoms with Crippen LogP contribution in [0.5, 0.6) is 0 Å². The molecule has 5 nitrogen and oxygen atoms in total. The van der Waals surface area contributed by atoms with Crippen molar-refractivity contribution < 1.29 is 0 Å². The van der Waals surface area contributed by atoms with E-state index in [1.54, 1.807) is 23.9 Å². The number of hydrogen-bond donors (Lipinski definition) is 1.